The van der Waals surface area contributed by atoms with Gasteiger partial charge in [0.05, 0.1) is 4.90 Å². The minimum atomic E-state index is -3.62. The van der Waals surface area contributed by atoms with Gasteiger partial charge in [-0.15, -0.1) is 0 Å². The molecule has 158 valence electrons. The predicted molar refractivity (Wildman–Crippen MR) is 120 cm³/mol. The lowest BCUT2D eigenvalue weighted by Gasteiger charge is -2.34. The van der Waals surface area contributed by atoms with Crippen LogP contribution >= 0.6 is 0 Å². The molecule has 6 heteroatoms. The van der Waals surface area contributed by atoms with Crippen molar-refractivity contribution < 1.29 is 13.2 Å². The Labute approximate surface area is 182 Å². The molecule has 2 heterocycles. The number of hydrogen-bond donors (Lipinski definition) is 1. The average molecular weight is 433 g/mol. The third-order valence-corrected chi connectivity index (χ3v) is 8.49. The van der Waals surface area contributed by atoms with E-state index in [1.165, 1.54) is 4.31 Å². The van der Waals surface area contributed by atoms with Gasteiger partial charge in [-0.2, -0.15) is 4.31 Å². The quantitative estimate of drug-likeness (QED) is 0.679. The molecule has 31 heavy (non-hydrogen) atoms. The van der Waals surface area contributed by atoms with Gasteiger partial charge in [-0.3, -0.25) is 4.79 Å². The monoisotopic (exact) mass is 432 g/mol. The van der Waals surface area contributed by atoms with Crippen molar-refractivity contribution in [3.05, 3.63) is 95.6 Å². The second-order valence-corrected chi connectivity index (χ2v) is 10.3. The fraction of sp³-hybridized carbons (Fsp3) is 0.240. The lowest BCUT2D eigenvalue weighted by atomic mass is 9.66. The molecule has 0 aromatic heterocycles. The van der Waals surface area contributed by atoms with Gasteiger partial charge in [-0.05, 0) is 48.6 Å². The van der Waals surface area contributed by atoms with Crippen LogP contribution in [0.5, 0.6) is 0 Å². The molecule has 0 saturated carbocycles. The molecule has 5 rings (SSSR count). The molecule has 0 spiro atoms. The van der Waals surface area contributed by atoms with E-state index in [-0.39, 0.29) is 11.8 Å². The van der Waals surface area contributed by atoms with Crippen LogP contribution in [-0.4, -0.2) is 31.7 Å². The number of para-hydroxylation sites is 1. The fourth-order valence-corrected chi connectivity index (χ4v) is 6.57. The highest BCUT2D eigenvalue weighted by Crippen LogP contribution is 2.50. The second-order valence-electron chi connectivity index (χ2n) is 8.34. The molecule has 1 fully saturated rings. The number of benzene rings is 3. The van der Waals surface area contributed by atoms with Crippen LogP contribution in [0.2, 0.25) is 0 Å². The number of nitrogens with one attached hydrogen (secondary N) is 1. The third kappa shape index (κ3) is 3.01. The van der Waals surface area contributed by atoms with Gasteiger partial charge in [0.2, 0.25) is 15.9 Å². The molecule has 1 N–H and O–H groups in total. The summed E-state index contributed by atoms with van der Waals surface area (Å²) >= 11 is 0. The lowest BCUT2D eigenvalue weighted by molar-refractivity contribution is -0.121. The van der Waals surface area contributed by atoms with Crippen LogP contribution in [0.3, 0.4) is 0 Å². The van der Waals surface area contributed by atoms with Crippen molar-refractivity contribution in [2.24, 2.45) is 5.92 Å². The summed E-state index contributed by atoms with van der Waals surface area (Å²) in [6.45, 7) is 2.62. The van der Waals surface area contributed by atoms with Crippen LogP contribution in [0.25, 0.3) is 0 Å². The third-order valence-electron chi connectivity index (χ3n) is 6.61. The van der Waals surface area contributed by atoms with E-state index >= 15 is 0 Å². The number of anilines is 1. The molecule has 3 aromatic carbocycles. The Bertz CT molecular complexity index is 1240. The molecular formula is C25H24N2O3S. The Hall–Kier alpha value is -2.96. The zero-order chi connectivity index (χ0) is 21.6. The van der Waals surface area contributed by atoms with Crippen LogP contribution in [0.15, 0.2) is 83.8 Å². The standard InChI is InChI=1S/C25H24N2O3S/c1-18-11-13-21(14-12-18)31(29,30)27-16-15-20(17-27)25(19-7-3-2-4-8-19)22-9-5-6-10-23(22)26-24(25)28/h2-14,20H,15-17H2,1H3,(H,26,28)/t20-,25?/m1/s1. The maximum Gasteiger partial charge on any atom is 0.243 e. The summed E-state index contributed by atoms with van der Waals surface area (Å²) in [4.78, 5) is 13.8. The van der Waals surface area contributed by atoms with Crippen molar-refractivity contribution in [3.63, 3.8) is 0 Å². The SMILES string of the molecule is Cc1ccc(S(=O)(=O)N2CC[C@@H](C3(c4ccccc4)C(=O)Nc4ccccc43)C2)cc1. The van der Waals surface area contributed by atoms with E-state index in [9.17, 15) is 13.2 Å². The van der Waals surface area contributed by atoms with Gasteiger partial charge < -0.3 is 5.32 Å². The van der Waals surface area contributed by atoms with Gasteiger partial charge in [-0.25, -0.2) is 8.42 Å². The predicted octanol–water partition coefficient (Wildman–Crippen LogP) is 3.94. The molecule has 2 atom stereocenters. The van der Waals surface area contributed by atoms with E-state index in [0.29, 0.717) is 24.4 Å². The number of fused-ring (bicyclic) bond motifs is 1. The number of aryl methyl sites for hydroxylation is 1. The fourth-order valence-electron chi connectivity index (χ4n) is 5.07. The first-order valence-electron chi connectivity index (χ1n) is 10.5. The first-order valence-corrected chi connectivity index (χ1v) is 11.9. The van der Waals surface area contributed by atoms with Gasteiger partial charge >= 0.3 is 0 Å². The second kappa shape index (κ2) is 7.32. The van der Waals surface area contributed by atoms with Crippen molar-refractivity contribution in [2.75, 3.05) is 18.4 Å². The Morgan fingerprint density at radius 1 is 0.935 bits per heavy atom. The lowest BCUT2D eigenvalue weighted by Crippen LogP contribution is -2.44. The molecule has 2 aliphatic heterocycles. The molecule has 0 bridgehead atoms. The molecule has 1 unspecified atom stereocenters. The number of nitrogens with zero attached hydrogens (tertiary/aromatic N) is 1. The molecule has 1 amide bonds. The maximum absolute atomic E-state index is 13.5. The van der Waals surface area contributed by atoms with Crippen LogP contribution in [0.4, 0.5) is 5.69 Å². The van der Waals surface area contributed by atoms with Crippen molar-refractivity contribution in [2.45, 2.75) is 23.7 Å². The minimum Gasteiger partial charge on any atom is -0.325 e. The largest absolute Gasteiger partial charge is 0.325 e. The molecule has 2 aliphatic rings. The highest BCUT2D eigenvalue weighted by molar-refractivity contribution is 7.89. The Morgan fingerprint density at radius 3 is 2.35 bits per heavy atom. The normalized spacial score (nSPS) is 23.5. The minimum absolute atomic E-state index is 0.0838. The first kappa shape index (κ1) is 20.0. The summed E-state index contributed by atoms with van der Waals surface area (Å²) in [6.07, 6.45) is 0.613. The van der Waals surface area contributed by atoms with E-state index in [1.54, 1.807) is 12.1 Å². The maximum atomic E-state index is 13.5. The number of carbonyl (C=O) groups is 1. The molecule has 0 aliphatic carbocycles. The molecular weight excluding hydrogens is 408 g/mol. The Kier molecular flexibility index (Phi) is 4.72. The van der Waals surface area contributed by atoms with Crippen molar-refractivity contribution >= 4 is 21.6 Å². The van der Waals surface area contributed by atoms with Crippen LogP contribution < -0.4 is 5.32 Å². The number of rotatable bonds is 4. The smallest absolute Gasteiger partial charge is 0.243 e. The van der Waals surface area contributed by atoms with E-state index in [2.05, 4.69) is 5.32 Å². The van der Waals surface area contributed by atoms with E-state index < -0.39 is 15.4 Å². The van der Waals surface area contributed by atoms with Gasteiger partial charge in [0.1, 0.15) is 5.41 Å². The van der Waals surface area contributed by atoms with Gasteiger partial charge in [0, 0.05) is 18.8 Å². The zero-order valence-corrected chi connectivity index (χ0v) is 18.1. The van der Waals surface area contributed by atoms with Gasteiger partial charge in [-0.1, -0.05) is 66.2 Å². The highest BCUT2D eigenvalue weighted by atomic mass is 32.2. The summed E-state index contributed by atoms with van der Waals surface area (Å²) in [6, 6.07) is 24.4. The Balaban J connectivity index is 1.58. The van der Waals surface area contributed by atoms with Crippen molar-refractivity contribution in [3.8, 4) is 0 Å². The first-order chi connectivity index (χ1) is 14.9. The Morgan fingerprint density at radius 2 is 1.61 bits per heavy atom. The van der Waals surface area contributed by atoms with Crippen LogP contribution in [0.1, 0.15) is 23.1 Å². The van der Waals surface area contributed by atoms with E-state index in [1.807, 2.05) is 73.7 Å². The zero-order valence-electron chi connectivity index (χ0n) is 17.3. The van der Waals surface area contributed by atoms with Crippen molar-refractivity contribution in [1.82, 2.24) is 4.31 Å². The van der Waals surface area contributed by atoms with E-state index in [0.717, 1.165) is 22.4 Å². The summed E-state index contributed by atoms with van der Waals surface area (Å²) in [5.74, 6) is -0.252. The summed E-state index contributed by atoms with van der Waals surface area (Å²) in [5.41, 5.74) is 2.73. The summed E-state index contributed by atoms with van der Waals surface area (Å²) < 4.78 is 28.1. The van der Waals surface area contributed by atoms with Crippen LogP contribution in [0, 0.1) is 12.8 Å². The van der Waals surface area contributed by atoms with Gasteiger partial charge in [0.15, 0.2) is 0 Å². The van der Waals surface area contributed by atoms with E-state index in [4.69, 9.17) is 0 Å². The molecule has 3 aromatic rings. The number of amides is 1. The van der Waals surface area contributed by atoms with Gasteiger partial charge in [0.25, 0.3) is 0 Å². The summed E-state index contributed by atoms with van der Waals surface area (Å²) in [5, 5.41) is 3.05. The number of carbonyl (C=O) groups excluding carboxylic acids is 1. The topological polar surface area (TPSA) is 66.5 Å². The highest BCUT2D eigenvalue weighted by Gasteiger charge is 2.55. The number of sulfonamides is 1. The van der Waals surface area contributed by atoms with Crippen LogP contribution in [-0.2, 0) is 20.2 Å². The van der Waals surface area contributed by atoms with Crippen molar-refractivity contribution in [1.29, 1.82) is 0 Å². The average Bonchev–Trinajstić information content (AvgIpc) is 3.38. The number of hydrogen-bond acceptors (Lipinski definition) is 3. The molecule has 0 radical (unpaired) electrons. The molecule has 5 nitrogen and oxygen atoms in total. The molecule has 1 saturated heterocycles. The summed E-state index contributed by atoms with van der Waals surface area (Å²) in [7, 11) is -3.62.